The first-order chi connectivity index (χ1) is 12.6. The van der Waals surface area contributed by atoms with Crippen molar-refractivity contribution < 1.29 is 9.18 Å². The highest BCUT2D eigenvalue weighted by Crippen LogP contribution is 2.27. The molecule has 0 saturated heterocycles. The molecule has 0 spiro atoms. The number of halogens is 2. The SMILES string of the molecule is CNC(=O)c1nc2n(n1)-c1ccc(Cl)cc1C(c1ccccc1F)=NC2. The van der Waals surface area contributed by atoms with Crippen LogP contribution in [-0.4, -0.2) is 33.4 Å². The van der Waals surface area contributed by atoms with Crippen molar-refractivity contribution in [2.75, 3.05) is 7.05 Å². The van der Waals surface area contributed by atoms with Gasteiger partial charge in [0, 0.05) is 23.2 Å². The molecule has 26 heavy (non-hydrogen) atoms. The summed E-state index contributed by atoms with van der Waals surface area (Å²) in [5.74, 6) is -0.235. The number of carbonyl (C=O) groups excluding carboxylic acids is 1. The minimum atomic E-state index is -0.389. The van der Waals surface area contributed by atoms with Crippen LogP contribution in [0.15, 0.2) is 47.5 Å². The molecule has 0 fully saturated rings. The summed E-state index contributed by atoms with van der Waals surface area (Å²) >= 11 is 6.17. The molecule has 8 heteroatoms. The van der Waals surface area contributed by atoms with Crippen molar-refractivity contribution in [3.63, 3.8) is 0 Å². The quantitative estimate of drug-likeness (QED) is 0.755. The van der Waals surface area contributed by atoms with Crippen LogP contribution in [0.5, 0.6) is 0 Å². The number of carbonyl (C=O) groups is 1. The van der Waals surface area contributed by atoms with Crippen LogP contribution in [0.2, 0.25) is 5.02 Å². The van der Waals surface area contributed by atoms with Gasteiger partial charge in [-0.25, -0.2) is 14.1 Å². The molecule has 3 aromatic rings. The number of benzene rings is 2. The van der Waals surface area contributed by atoms with Crippen molar-refractivity contribution in [2.45, 2.75) is 6.54 Å². The second-order valence-electron chi connectivity index (χ2n) is 5.65. The van der Waals surface area contributed by atoms with Gasteiger partial charge in [-0.05, 0) is 30.3 Å². The Morgan fingerprint density at radius 2 is 2.04 bits per heavy atom. The van der Waals surface area contributed by atoms with Crippen LogP contribution in [0.4, 0.5) is 4.39 Å². The summed E-state index contributed by atoms with van der Waals surface area (Å²) in [4.78, 5) is 20.7. The molecule has 0 unspecified atom stereocenters. The summed E-state index contributed by atoms with van der Waals surface area (Å²) in [5, 5.41) is 7.27. The molecule has 1 N–H and O–H groups in total. The van der Waals surface area contributed by atoms with Gasteiger partial charge in [-0.15, -0.1) is 5.10 Å². The molecule has 0 saturated carbocycles. The maximum atomic E-state index is 14.4. The third-order valence-corrected chi connectivity index (χ3v) is 4.29. The van der Waals surface area contributed by atoms with Crippen molar-refractivity contribution in [3.05, 3.63) is 76.1 Å². The normalized spacial score (nSPS) is 12.7. The number of rotatable bonds is 2. The minimum Gasteiger partial charge on any atom is -0.352 e. The van der Waals surface area contributed by atoms with Crippen molar-refractivity contribution in [1.82, 2.24) is 20.1 Å². The first-order valence-electron chi connectivity index (χ1n) is 7.86. The molecule has 1 aromatic heterocycles. The molecule has 0 aliphatic carbocycles. The lowest BCUT2D eigenvalue weighted by atomic mass is 10.00. The zero-order valence-corrected chi connectivity index (χ0v) is 14.5. The lowest BCUT2D eigenvalue weighted by molar-refractivity contribution is 0.0953. The maximum absolute atomic E-state index is 14.4. The van der Waals surface area contributed by atoms with Crippen LogP contribution < -0.4 is 5.32 Å². The Kier molecular flexibility index (Phi) is 4.00. The van der Waals surface area contributed by atoms with Gasteiger partial charge in [0.1, 0.15) is 5.82 Å². The van der Waals surface area contributed by atoms with Crippen LogP contribution in [0, 0.1) is 5.82 Å². The number of amides is 1. The number of nitrogens with one attached hydrogen (secondary N) is 1. The van der Waals surface area contributed by atoms with E-state index < -0.39 is 0 Å². The first kappa shape index (κ1) is 16.4. The van der Waals surface area contributed by atoms with E-state index in [4.69, 9.17) is 11.6 Å². The highest BCUT2D eigenvalue weighted by atomic mass is 35.5. The largest absolute Gasteiger partial charge is 0.352 e. The average molecular weight is 370 g/mol. The van der Waals surface area contributed by atoms with Gasteiger partial charge < -0.3 is 5.32 Å². The van der Waals surface area contributed by atoms with E-state index in [1.54, 1.807) is 41.1 Å². The summed E-state index contributed by atoms with van der Waals surface area (Å²) in [5.41, 5.74) is 2.09. The predicted molar refractivity (Wildman–Crippen MR) is 95.5 cm³/mol. The Bertz CT molecular complexity index is 1060. The third kappa shape index (κ3) is 2.66. The molecular weight excluding hydrogens is 357 g/mol. The second kappa shape index (κ2) is 6.34. The van der Waals surface area contributed by atoms with Gasteiger partial charge in [0.2, 0.25) is 5.82 Å². The number of aliphatic imine (C=N–C) groups is 1. The lowest BCUT2D eigenvalue weighted by Crippen LogP contribution is -2.19. The molecule has 2 aromatic carbocycles. The Labute approximate surface area is 153 Å². The van der Waals surface area contributed by atoms with Gasteiger partial charge in [-0.3, -0.25) is 9.79 Å². The van der Waals surface area contributed by atoms with Crippen molar-refractivity contribution in [3.8, 4) is 5.69 Å². The van der Waals surface area contributed by atoms with Gasteiger partial charge >= 0.3 is 0 Å². The topological polar surface area (TPSA) is 72.2 Å². The molecule has 4 rings (SSSR count). The Morgan fingerprint density at radius 3 is 2.81 bits per heavy atom. The summed E-state index contributed by atoms with van der Waals surface area (Å²) in [6.45, 7) is 0.153. The summed E-state index contributed by atoms with van der Waals surface area (Å²) in [6.07, 6.45) is 0. The number of aromatic nitrogens is 3. The number of hydrogen-bond donors (Lipinski definition) is 1. The van der Waals surface area contributed by atoms with Crippen molar-refractivity contribution >= 4 is 23.2 Å². The molecule has 1 aliphatic rings. The second-order valence-corrected chi connectivity index (χ2v) is 6.09. The molecule has 1 aliphatic heterocycles. The van der Waals surface area contributed by atoms with E-state index in [9.17, 15) is 9.18 Å². The van der Waals surface area contributed by atoms with E-state index in [-0.39, 0.29) is 24.1 Å². The van der Waals surface area contributed by atoms with E-state index in [1.165, 1.54) is 13.1 Å². The average Bonchev–Trinajstić information content (AvgIpc) is 3.01. The fraction of sp³-hybridized carbons (Fsp3) is 0.111. The summed E-state index contributed by atoms with van der Waals surface area (Å²) in [7, 11) is 1.51. The number of hydrogen-bond acceptors (Lipinski definition) is 4. The van der Waals surface area contributed by atoms with Crippen molar-refractivity contribution in [2.24, 2.45) is 4.99 Å². The number of fused-ring (bicyclic) bond motifs is 3. The minimum absolute atomic E-state index is 0.0490. The molecule has 0 bridgehead atoms. The van der Waals surface area contributed by atoms with Crippen LogP contribution in [0.1, 0.15) is 27.6 Å². The third-order valence-electron chi connectivity index (χ3n) is 4.05. The molecule has 0 radical (unpaired) electrons. The Morgan fingerprint density at radius 1 is 1.23 bits per heavy atom. The zero-order chi connectivity index (χ0) is 18.3. The monoisotopic (exact) mass is 369 g/mol. The van der Waals surface area contributed by atoms with Crippen LogP contribution >= 0.6 is 11.6 Å². The molecule has 130 valence electrons. The van der Waals surface area contributed by atoms with Gasteiger partial charge in [0.15, 0.2) is 5.82 Å². The highest BCUT2D eigenvalue weighted by molar-refractivity contribution is 6.31. The molecule has 6 nitrogen and oxygen atoms in total. The Hall–Kier alpha value is -3.06. The Balaban J connectivity index is 1.95. The fourth-order valence-electron chi connectivity index (χ4n) is 2.85. The van der Waals surface area contributed by atoms with E-state index in [0.29, 0.717) is 33.4 Å². The fourth-order valence-corrected chi connectivity index (χ4v) is 3.02. The molecule has 0 atom stereocenters. The molecular formula is C18H13ClFN5O. The van der Waals surface area contributed by atoms with E-state index in [1.807, 2.05) is 0 Å². The summed E-state index contributed by atoms with van der Waals surface area (Å²) < 4.78 is 15.9. The van der Waals surface area contributed by atoms with Crippen LogP contribution in [0.3, 0.4) is 0 Å². The lowest BCUT2D eigenvalue weighted by Gasteiger charge is -2.11. The van der Waals surface area contributed by atoms with Gasteiger partial charge in [-0.2, -0.15) is 0 Å². The molecule has 2 heterocycles. The zero-order valence-electron chi connectivity index (χ0n) is 13.7. The first-order valence-corrected chi connectivity index (χ1v) is 8.24. The molecule has 1 amide bonds. The van der Waals surface area contributed by atoms with Gasteiger partial charge in [0.05, 0.1) is 17.9 Å². The van der Waals surface area contributed by atoms with E-state index >= 15 is 0 Å². The van der Waals surface area contributed by atoms with E-state index in [2.05, 4.69) is 20.4 Å². The smallest absolute Gasteiger partial charge is 0.290 e. The van der Waals surface area contributed by atoms with Gasteiger partial charge in [0.25, 0.3) is 5.91 Å². The van der Waals surface area contributed by atoms with E-state index in [0.717, 1.165) is 0 Å². The summed E-state index contributed by atoms with van der Waals surface area (Å²) in [6, 6.07) is 11.6. The van der Waals surface area contributed by atoms with Crippen molar-refractivity contribution in [1.29, 1.82) is 0 Å². The maximum Gasteiger partial charge on any atom is 0.290 e. The standard InChI is InChI=1S/C18H13ClFN5O/c1-21-18(26)17-23-15-9-22-16(11-4-2-3-5-13(11)20)12-8-10(19)6-7-14(12)25(15)24-17/h2-8H,9H2,1H3,(H,21,26). The predicted octanol–water partition coefficient (Wildman–Crippen LogP) is 2.77. The number of nitrogens with zero attached hydrogens (tertiary/aromatic N) is 4. The highest BCUT2D eigenvalue weighted by Gasteiger charge is 2.24. The van der Waals surface area contributed by atoms with Crippen LogP contribution in [-0.2, 0) is 6.54 Å². The van der Waals surface area contributed by atoms with Crippen LogP contribution in [0.25, 0.3) is 5.69 Å². The van der Waals surface area contributed by atoms with Gasteiger partial charge in [-0.1, -0.05) is 23.7 Å².